The number of pyridine rings is 1. The molecule has 160 valence electrons. The fourth-order valence-electron chi connectivity index (χ4n) is 6.69. The number of carbonyl (C=O) groups excluding carboxylic acids is 3. The van der Waals surface area contributed by atoms with Crippen molar-refractivity contribution in [2.24, 2.45) is 23.5 Å². The molecule has 4 amide bonds. The fraction of sp³-hybridized carbons (Fsp3) is 0.636. The first-order valence-corrected chi connectivity index (χ1v) is 12.0. The van der Waals surface area contributed by atoms with E-state index in [9.17, 15) is 14.4 Å². The Labute approximate surface area is 180 Å². The van der Waals surface area contributed by atoms with Crippen molar-refractivity contribution in [3.05, 3.63) is 30.1 Å². The second kappa shape index (κ2) is 7.55. The average molecular weight is 429 g/mol. The normalized spacial score (nSPS) is 34.8. The number of hydrogen-bond donors (Lipinski definition) is 1. The highest BCUT2D eigenvalue weighted by Gasteiger charge is 2.60. The molecular weight excluding hydrogens is 400 g/mol. The van der Waals surface area contributed by atoms with Crippen LogP contribution in [0.2, 0.25) is 0 Å². The molecule has 2 N–H and O–H groups in total. The molecule has 4 saturated carbocycles. The highest BCUT2D eigenvalue weighted by molar-refractivity contribution is 8.00. The summed E-state index contributed by atoms with van der Waals surface area (Å²) in [5, 5.41) is 0. The van der Waals surface area contributed by atoms with Crippen LogP contribution in [0.25, 0.3) is 0 Å². The molecule has 7 nitrogen and oxygen atoms in total. The minimum Gasteiger partial charge on any atom is -0.369 e. The zero-order valence-corrected chi connectivity index (χ0v) is 17.9. The van der Waals surface area contributed by atoms with E-state index < -0.39 is 11.9 Å². The number of aromatic nitrogens is 1. The standard InChI is InChI=1S/C22H28N4O3S/c23-19(27)13-30-12-18-20(28)26(21(29)25(18)11-17-3-1-2-4-24-17)22-8-14-5-15(9-22)7-16(6-14)10-22/h1-4,14-16,18H,5-13H2,(H2,23,27). The number of imide groups is 1. The summed E-state index contributed by atoms with van der Waals surface area (Å²) in [7, 11) is 0. The van der Waals surface area contributed by atoms with Gasteiger partial charge in [0, 0.05) is 11.9 Å². The molecule has 4 aliphatic carbocycles. The molecule has 8 heteroatoms. The lowest BCUT2D eigenvalue weighted by Crippen LogP contribution is -2.62. The molecule has 1 atom stereocenters. The molecule has 1 saturated heterocycles. The zero-order valence-electron chi connectivity index (χ0n) is 17.0. The number of rotatable bonds is 7. The van der Waals surface area contributed by atoms with E-state index in [1.54, 1.807) is 16.0 Å². The molecule has 6 rings (SSSR count). The van der Waals surface area contributed by atoms with Gasteiger partial charge in [-0.2, -0.15) is 0 Å². The quantitative estimate of drug-likeness (QED) is 0.673. The largest absolute Gasteiger partial charge is 0.369 e. The second-order valence-corrected chi connectivity index (χ2v) is 10.6. The van der Waals surface area contributed by atoms with Crippen LogP contribution in [0, 0.1) is 17.8 Å². The lowest BCUT2D eigenvalue weighted by atomic mass is 9.52. The summed E-state index contributed by atoms with van der Waals surface area (Å²) in [6.07, 6.45) is 8.33. The van der Waals surface area contributed by atoms with Gasteiger partial charge in [0.05, 0.1) is 23.5 Å². The molecule has 1 aromatic heterocycles. The van der Waals surface area contributed by atoms with E-state index in [1.807, 2.05) is 18.2 Å². The van der Waals surface area contributed by atoms with Crippen LogP contribution in [0.5, 0.6) is 0 Å². The number of nitrogens with zero attached hydrogens (tertiary/aromatic N) is 3. The minimum atomic E-state index is -0.572. The lowest BCUT2D eigenvalue weighted by Gasteiger charge is -2.58. The number of primary amides is 1. The predicted octanol–water partition coefficient (Wildman–Crippen LogP) is 2.40. The Kier molecular flexibility index (Phi) is 5.00. The molecule has 2 heterocycles. The van der Waals surface area contributed by atoms with Crippen molar-refractivity contribution in [1.82, 2.24) is 14.8 Å². The van der Waals surface area contributed by atoms with Crippen LogP contribution in [0.1, 0.15) is 44.2 Å². The van der Waals surface area contributed by atoms with E-state index >= 15 is 0 Å². The van der Waals surface area contributed by atoms with Crippen LogP contribution in [0.3, 0.4) is 0 Å². The molecule has 0 aromatic carbocycles. The molecule has 1 unspecified atom stereocenters. The summed E-state index contributed by atoms with van der Waals surface area (Å²) >= 11 is 1.32. The van der Waals surface area contributed by atoms with Crippen molar-refractivity contribution in [2.75, 3.05) is 11.5 Å². The maximum Gasteiger partial charge on any atom is 0.328 e. The van der Waals surface area contributed by atoms with E-state index in [0.717, 1.165) is 25.0 Å². The Balaban J connectivity index is 1.43. The molecule has 4 bridgehead atoms. The van der Waals surface area contributed by atoms with E-state index in [2.05, 4.69) is 4.98 Å². The van der Waals surface area contributed by atoms with Crippen molar-refractivity contribution < 1.29 is 14.4 Å². The monoisotopic (exact) mass is 428 g/mol. The van der Waals surface area contributed by atoms with Gasteiger partial charge in [0.25, 0.3) is 5.91 Å². The minimum absolute atomic E-state index is 0.102. The topological polar surface area (TPSA) is 96.6 Å². The summed E-state index contributed by atoms with van der Waals surface area (Å²) in [6, 6.07) is 4.84. The molecule has 30 heavy (non-hydrogen) atoms. The van der Waals surface area contributed by atoms with Crippen molar-refractivity contribution in [2.45, 2.75) is 56.7 Å². The fourth-order valence-corrected chi connectivity index (χ4v) is 7.56. The van der Waals surface area contributed by atoms with Gasteiger partial charge in [0.2, 0.25) is 5.91 Å². The SMILES string of the molecule is NC(=O)CSCC1C(=O)N(C23CC4CC(CC(C4)C2)C3)C(=O)N1Cc1ccccn1. The predicted molar refractivity (Wildman–Crippen MR) is 113 cm³/mol. The molecule has 0 radical (unpaired) electrons. The lowest BCUT2D eigenvalue weighted by molar-refractivity contribution is -0.140. The Bertz CT molecular complexity index is 826. The first-order valence-electron chi connectivity index (χ1n) is 10.9. The van der Waals surface area contributed by atoms with Gasteiger partial charge >= 0.3 is 6.03 Å². The van der Waals surface area contributed by atoms with Crippen LogP contribution >= 0.6 is 11.8 Å². The van der Waals surface area contributed by atoms with Crippen molar-refractivity contribution >= 4 is 29.6 Å². The van der Waals surface area contributed by atoms with Gasteiger partial charge in [0.1, 0.15) is 6.04 Å². The first kappa shape index (κ1) is 19.8. The van der Waals surface area contributed by atoms with Crippen molar-refractivity contribution in [3.63, 3.8) is 0 Å². The Morgan fingerprint density at radius 2 is 1.80 bits per heavy atom. The molecule has 1 aromatic rings. The summed E-state index contributed by atoms with van der Waals surface area (Å²) in [5.74, 6) is 1.94. The smallest absolute Gasteiger partial charge is 0.328 e. The first-order chi connectivity index (χ1) is 14.4. The number of amides is 4. The Morgan fingerprint density at radius 3 is 2.37 bits per heavy atom. The highest BCUT2D eigenvalue weighted by Crippen LogP contribution is 2.58. The van der Waals surface area contributed by atoms with E-state index in [4.69, 9.17) is 5.73 Å². The number of nitrogens with two attached hydrogens (primary N) is 1. The van der Waals surface area contributed by atoms with Gasteiger partial charge in [0.15, 0.2) is 0 Å². The maximum atomic E-state index is 13.6. The zero-order chi connectivity index (χ0) is 20.9. The van der Waals surface area contributed by atoms with E-state index in [0.29, 0.717) is 30.1 Å². The van der Waals surface area contributed by atoms with E-state index in [1.165, 1.54) is 31.0 Å². The van der Waals surface area contributed by atoms with Gasteiger partial charge in [-0.25, -0.2) is 4.79 Å². The van der Waals surface area contributed by atoms with Gasteiger partial charge in [-0.1, -0.05) is 6.07 Å². The van der Waals surface area contributed by atoms with Gasteiger partial charge in [-0.05, 0) is 68.4 Å². The van der Waals surface area contributed by atoms with Crippen LogP contribution in [-0.2, 0) is 16.1 Å². The van der Waals surface area contributed by atoms with Crippen molar-refractivity contribution in [1.29, 1.82) is 0 Å². The average Bonchev–Trinajstić information content (AvgIpc) is 2.92. The van der Waals surface area contributed by atoms with Gasteiger partial charge < -0.3 is 10.6 Å². The number of thioether (sulfide) groups is 1. The van der Waals surface area contributed by atoms with Crippen molar-refractivity contribution in [3.8, 4) is 0 Å². The summed E-state index contributed by atoms with van der Waals surface area (Å²) < 4.78 is 0. The highest BCUT2D eigenvalue weighted by atomic mass is 32.2. The molecular formula is C22H28N4O3S. The van der Waals surface area contributed by atoms with Crippen LogP contribution in [0.4, 0.5) is 4.79 Å². The molecule has 0 spiro atoms. The summed E-state index contributed by atoms with van der Waals surface area (Å²) in [4.78, 5) is 46.1. The molecule has 5 fully saturated rings. The summed E-state index contributed by atoms with van der Waals surface area (Å²) in [6.45, 7) is 0.302. The van der Waals surface area contributed by atoms with Gasteiger partial charge in [-0.15, -0.1) is 11.8 Å². The number of urea groups is 1. The second-order valence-electron chi connectivity index (χ2n) is 9.54. The Hall–Kier alpha value is -2.09. The third-order valence-corrected chi connectivity index (χ3v) is 8.42. The number of carbonyl (C=O) groups is 3. The van der Waals surface area contributed by atoms with Gasteiger partial charge in [-0.3, -0.25) is 19.5 Å². The molecule has 5 aliphatic rings. The maximum absolute atomic E-state index is 13.6. The third-order valence-electron chi connectivity index (χ3n) is 7.38. The van der Waals surface area contributed by atoms with E-state index in [-0.39, 0.29) is 23.2 Å². The van der Waals surface area contributed by atoms with Crippen LogP contribution in [0.15, 0.2) is 24.4 Å². The van der Waals surface area contributed by atoms with Crippen LogP contribution < -0.4 is 5.73 Å². The Morgan fingerprint density at radius 1 is 1.13 bits per heavy atom. The molecule has 1 aliphatic heterocycles. The van der Waals surface area contributed by atoms with Crippen LogP contribution in [-0.4, -0.2) is 55.7 Å². The number of hydrogen-bond acceptors (Lipinski definition) is 5. The third kappa shape index (κ3) is 3.39. The summed E-state index contributed by atoms with van der Waals surface area (Å²) in [5.41, 5.74) is 5.73.